The van der Waals surface area contributed by atoms with Crippen LogP contribution in [0.1, 0.15) is 37.3 Å². The first kappa shape index (κ1) is 16.1. The Bertz CT molecular complexity index is 458. The first-order valence-corrected chi connectivity index (χ1v) is 7.18. The van der Waals surface area contributed by atoms with Crippen LogP contribution < -0.4 is 10.5 Å². The topological polar surface area (TPSA) is 38.5 Å². The van der Waals surface area contributed by atoms with Crippen LogP contribution >= 0.6 is 0 Å². The average molecular weight is 302 g/mol. The van der Waals surface area contributed by atoms with Crippen molar-refractivity contribution in [2.24, 2.45) is 5.73 Å². The van der Waals surface area contributed by atoms with E-state index in [-0.39, 0.29) is 11.8 Å². The summed E-state index contributed by atoms with van der Waals surface area (Å²) in [6.45, 7) is 0.364. The third-order valence-electron chi connectivity index (χ3n) is 4.09. The van der Waals surface area contributed by atoms with E-state index >= 15 is 0 Å². The van der Waals surface area contributed by atoms with Crippen molar-refractivity contribution in [3.63, 3.8) is 0 Å². The standard InChI is InChI=1S/C15H21F3N2O/c1-20(12-6-2-3-7-12)14(10-19)11-5-4-8-13(9-11)21-15(16,17)18/h4-5,8-9,12,14H,2-3,6-7,10,19H2,1H3. The minimum atomic E-state index is -4.67. The summed E-state index contributed by atoms with van der Waals surface area (Å²) in [6.07, 6.45) is -0.0429. The van der Waals surface area contributed by atoms with Crippen LogP contribution in [0.2, 0.25) is 0 Å². The molecule has 1 aliphatic rings. The Kier molecular flexibility index (Phi) is 5.11. The molecule has 0 heterocycles. The number of hydrogen-bond acceptors (Lipinski definition) is 3. The van der Waals surface area contributed by atoms with E-state index in [1.165, 1.54) is 25.0 Å². The summed E-state index contributed by atoms with van der Waals surface area (Å²) in [5, 5.41) is 0. The summed E-state index contributed by atoms with van der Waals surface area (Å²) < 4.78 is 40.9. The highest BCUT2D eigenvalue weighted by Crippen LogP contribution is 2.31. The highest BCUT2D eigenvalue weighted by Gasteiger charge is 2.32. The van der Waals surface area contributed by atoms with Crippen molar-refractivity contribution in [2.45, 2.75) is 44.1 Å². The summed E-state index contributed by atoms with van der Waals surface area (Å²) in [5.74, 6) is -0.196. The molecule has 21 heavy (non-hydrogen) atoms. The second-order valence-electron chi connectivity index (χ2n) is 5.48. The molecule has 0 saturated heterocycles. The molecule has 1 fully saturated rings. The number of nitrogens with two attached hydrogens (primary N) is 1. The van der Waals surface area contributed by atoms with E-state index in [1.807, 2.05) is 7.05 Å². The number of nitrogens with zero attached hydrogens (tertiary/aromatic N) is 1. The number of alkyl halides is 3. The van der Waals surface area contributed by atoms with Gasteiger partial charge in [0.2, 0.25) is 0 Å². The van der Waals surface area contributed by atoms with Crippen molar-refractivity contribution in [1.29, 1.82) is 0 Å². The van der Waals surface area contributed by atoms with E-state index in [1.54, 1.807) is 12.1 Å². The van der Waals surface area contributed by atoms with Crippen molar-refractivity contribution >= 4 is 0 Å². The van der Waals surface area contributed by atoms with Gasteiger partial charge in [0.25, 0.3) is 0 Å². The first-order valence-electron chi connectivity index (χ1n) is 7.18. The Hall–Kier alpha value is -1.27. The van der Waals surface area contributed by atoms with Gasteiger partial charge in [0.05, 0.1) is 0 Å². The number of hydrogen-bond donors (Lipinski definition) is 1. The summed E-state index contributed by atoms with van der Waals surface area (Å²) in [4.78, 5) is 2.18. The summed E-state index contributed by atoms with van der Waals surface area (Å²) in [6, 6.07) is 6.46. The minimum Gasteiger partial charge on any atom is -0.406 e. The number of halogens is 3. The van der Waals surface area contributed by atoms with Crippen LogP contribution in [0.4, 0.5) is 13.2 Å². The van der Waals surface area contributed by atoms with Crippen LogP contribution in [-0.4, -0.2) is 30.9 Å². The lowest BCUT2D eigenvalue weighted by Gasteiger charge is -2.32. The van der Waals surface area contributed by atoms with Gasteiger partial charge < -0.3 is 10.5 Å². The molecule has 0 amide bonds. The molecule has 1 aliphatic carbocycles. The maximum atomic E-state index is 12.3. The molecule has 1 aromatic rings. The Morgan fingerprint density at radius 2 is 2.00 bits per heavy atom. The molecule has 6 heteroatoms. The normalized spacial score (nSPS) is 18.2. The van der Waals surface area contributed by atoms with E-state index in [0.29, 0.717) is 12.6 Å². The van der Waals surface area contributed by atoms with Gasteiger partial charge in [-0.25, -0.2) is 0 Å². The molecule has 0 aliphatic heterocycles. The first-order chi connectivity index (χ1) is 9.90. The lowest BCUT2D eigenvalue weighted by Crippen LogP contribution is -2.37. The summed E-state index contributed by atoms with van der Waals surface area (Å²) in [5.41, 5.74) is 6.60. The zero-order valence-corrected chi connectivity index (χ0v) is 12.1. The number of benzene rings is 1. The van der Waals surface area contributed by atoms with E-state index in [9.17, 15) is 13.2 Å². The van der Waals surface area contributed by atoms with E-state index in [4.69, 9.17) is 5.73 Å². The van der Waals surface area contributed by atoms with Crippen LogP contribution in [0.5, 0.6) is 5.75 Å². The lowest BCUT2D eigenvalue weighted by atomic mass is 10.0. The third kappa shape index (κ3) is 4.35. The molecular formula is C15H21F3N2O. The van der Waals surface area contributed by atoms with Crippen molar-refractivity contribution in [3.8, 4) is 5.75 Å². The third-order valence-corrected chi connectivity index (χ3v) is 4.09. The fraction of sp³-hybridized carbons (Fsp3) is 0.600. The molecule has 0 radical (unpaired) electrons. The number of likely N-dealkylation sites (N-methyl/N-ethyl adjacent to an activating group) is 1. The second-order valence-corrected chi connectivity index (χ2v) is 5.48. The molecular weight excluding hydrogens is 281 g/mol. The molecule has 118 valence electrons. The zero-order valence-electron chi connectivity index (χ0n) is 12.1. The largest absolute Gasteiger partial charge is 0.573 e. The van der Waals surface area contributed by atoms with Gasteiger partial charge >= 0.3 is 6.36 Å². The predicted molar refractivity (Wildman–Crippen MR) is 74.9 cm³/mol. The van der Waals surface area contributed by atoms with Gasteiger partial charge in [-0.1, -0.05) is 25.0 Å². The maximum absolute atomic E-state index is 12.3. The summed E-state index contributed by atoms with van der Waals surface area (Å²) in [7, 11) is 1.99. The molecule has 1 saturated carbocycles. The number of ether oxygens (including phenoxy) is 1. The van der Waals surface area contributed by atoms with Crippen LogP contribution in [0.25, 0.3) is 0 Å². The van der Waals surface area contributed by atoms with E-state index < -0.39 is 6.36 Å². The van der Waals surface area contributed by atoms with Crippen LogP contribution in [0.3, 0.4) is 0 Å². The minimum absolute atomic E-state index is 0.0927. The predicted octanol–water partition coefficient (Wildman–Crippen LogP) is 3.46. The molecule has 0 aromatic heterocycles. The maximum Gasteiger partial charge on any atom is 0.573 e. The molecule has 1 aromatic carbocycles. The monoisotopic (exact) mass is 302 g/mol. The molecule has 1 unspecified atom stereocenters. The van der Waals surface area contributed by atoms with Gasteiger partial charge in [-0.05, 0) is 37.6 Å². The van der Waals surface area contributed by atoms with Gasteiger partial charge in [0, 0.05) is 18.6 Å². The highest BCUT2D eigenvalue weighted by molar-refractivity contribution is 5.31. The molecule has 0 spiro atoms. The smallest absolute Gasteiger partial charge is 0.406 e. The van der Waals surface area contributed by atoms with Crippen LogP contribution in [0, 0.1) is 0 Å². The van der Waals surface area contributed by atoms with E-state index in [0.717, 1.165) is 18.4 Å². The SMILES string of the molecule is CN(C1CCCC1)C(CN)c1cccc(OC(F)(F)F)c1. The Morgan fingerprint density at radius 3 is 2.57 bits per heavy atom. The van der Waals surface area contributed by atoms with Crippen molar-refractivity contribution in [2.75, 3.05) is 13.6 Å². The number of rotatable bonds is 5. The van der Waals surface area contributed by atoms with Gasteiger partial charge in [0.15, 0.2) is 0 Å². The van der Waals surface area contributed by atoms with E-state index in [2.05, 4.69) is 9.64 Å². The Labute approximate surface area is 122 Å². The molecule has 1 atom stereocenters. The average Bonchev–Trinajstić information content (AvgIpc) is 2.91. The van der Waals surface area contributed by atoms with Gasteiger partial charge in [-0.3, -0.25) is 4.90 Å². The fourth-order valence-electron chi connectivity index (χ4n) is 3.02. The van der Waals surface area contributed by atoms with Crippen molar-refractivity contribution < 1.29 is 17.9 Å². The second kappa shape index (κ2) is 6.66. The zero-order chi connectivity index (χ0) is 15.5. The van der Waals surface area contributed by atoms with Gasteiger partial charge in [-0.2, -0.15) is 0 Å². The lowest BCUT2D eigenvalue weighted by molar-refractivity contribution is -0.274. The molecule has 2 rings (SSSR count). The molecule has 3 nitrogen and oxygen atoms in total. The van der Waals surface area contributed by atoms with Crippen molar-refractivity contribution in [3.05, 3.63) is 29.8 Å². The Balaban J connectivity index is 2.15. The van der Waals surface area contributed by atoms with Gasteiger partial charge in [0.1, 0.15) is 5.75 Å². The molecule has 0 bridgehead atoms. The summed E-state index contributed by atoms with van der Waals surface area (Å²) >= 11 is 0. The Morgan fingerprint density at radius 1 is 1.33 bits per heavy atom. The van der Waals surface area contributed by atoms with Crippen LogP contribution in [-0.2, 0) is 0 Å². The molecule has 2 N–H and O–H groups in total. The van der Waals surface area contributed by atoms with Gasteiger partial charge in [-0.15, -0.1) is 13.2 Å². The van der Waals surface area contributed by atoms with Crippen molar-refractivity contribution in [1.82, 2.24) is 4.90 Å². The highest BCUT2D eigenvalue weighted by atomic mass is 19.4. The van der Waals surface area contributed by atoms with Crippen LogP contribution in [0.15, 0.2) is 24.3 Å². The fourth-order valence-corrected chi connectivity index (χ4v) is 3.02. The quantitative estimate of drug-likeness (QED) is 0.905.